The summed E-state index contributed by atoms with van der Waals surface area (Å²) in [4.78, 5) is 16.3. The van der Waals surface area contributed by atoms with Crippen molar-refractivity contribution in [3.05, 3.63) is 40.8 Å². The minimum atomic E-state index is -0.0343. The third kappa shape index (κ3) is 5.04. The van der Waals surface area contributed by atoms with Gasteiger partial charge in [-0.3, -0.25) is 4.79 Å². The van der Waals surface area contributed by atoms with E-state index in [2.05, 4.69) is 10.3 Å². The number of aromatic nitrogens is 1. The SMILES string of the molecule is O=C(CCc1cscn1)Nc1ccccc1OCC1CCCCO1. The summed E-state index contributed by atoms with van der Waals surface area (Å²) in [6.45, 7) is 1.33. The summed E-state index contributed by atoms with van der Waals surface area (Å²) in [6.07, 6.45) is 4.54. The minimum absolute atomic E-state index is 0.0343. The number of carbonyl (C=O) groups excluding carboxylic acids is 1. The molecule has 1 N–H and O–H groups in total. The number of hydrogen-bond donors (Lipinski definition) is 1. The van der Waals surface area contributed by atoms with Gasteiger partial charge in [-0.15, -0.1) is 11.3 Å². The van der Waals surface area contributed by atoms with Crippen molar-refractivity contribution < 1.29 is 14.3 Å². The predicted molar refractivity (Wildman–Crippen MR) is 94.6 cm³/mol. The van der Waals surface area contributed by atoms with E-state index < -0.39 is 0 Å². The van der Waals surface area contributed by atoms with Crippen molar-refractivity contribution >= 4 is 22.9 Å². The van der Waals surface area contributed by atoms with E-state index in [0.29, 0.717) is 30.9 Å². The molecule has 0 spiro atoms. The van der Waals surface area contributed by atoms with Crippen LogP contribution in [0.2, 0.25) is 0 Å². The normalized spacial score (nSPS) is 17.4. The highest BCUT2D eigenvalue weighted by atomic mass is 32.1. The van der Waals surface area contributed by atoms with Gasteiger partial charge in [0.1, 0.15) is 12.4 Å². The van der Waals surface area contributed by atoms with Crippen LogP contribution in [0, 0.1) is 0 Å². The molecule has 1 fully saturated rings. The Morgan fingerprint density at radius 1 is 1.38 bits per heavy atom. The molecular formula is C18H22N2O3S. The van der Waals surface area contributed by atoms with Crippen LogP contribution < -0.4 is 10.1 Å². The Labute approximate surface area is 146 Å². The van der Waals surface area contributed by atoms with Crippen molar-refractivity contribution in [3.8, 4) is 5.75 Å². The smallest absolute Gasteiger partial charge is 0.224 e. The fourth-order valence-corrected chi connectivity index (χ4v) is 3.23. The second kappa shape index (κ2) is 8.80. The summed E-state index contributed by atoms with van der Waals surface area (Å²) in [5.74, 6) is 0.654. The maximum atomic E-state index is 12.2. The first-order chi connectivity index (χ1) is 11.8. The molecule has 1 aliphatic rings. The van der Waals surface area contributed by atoms with Crippen LogP contribution >= 0.6 is 11.3 Å². The van der Waals surface area contributed by atoms with Crippen molar-refractivity contribution in [2.45, 2.75) is 38.2 Å². The van der Waals surface area contributed by atoms with Crippen LogP contribution in [0.3, 0.4) is 0 Å². The Hall–Kier alpha value is -1.92. The second-order valence-corrected chi connectivity index (χ2v) is 6.54. The molecule has 6 heteroatoms. The lowest BCUT2D eigenvalue weighted by molar-refractivity contribution is -0.116. The maximum absolute atomic E-state index is 12.2. The van der Waals surface area contributed by atoms with Gasteiger partial charge in [0.15, 0.2) is 0 Å². The molecule has 1 aliphatic heterocycles. The van der Waals surface area contributed by atoms with Crippen LogP contribution in [-0.4, -0.2) is 30.2 Å². The zero-order valence-corrected chi connectivity index (χ0v) is 14.4. The quantitative estimate of drug-likeness (QED) is 0.831. The van der Waals surface area contributed by atoms with E-state index in [4.69, 9.17) is 9.47 Å². The number of carbonyl (C=O) groups is 1. The van der Waals surface area contributed by atoms with Gasteiger partial charge in [-0.25, -0.2) is 4.98 Å². The van der Waals surface area contributed by atoms with Gasteiger partial charge in [-0.05, 0) is 37.8 Å². The molecular weight excluding hydrogens is 324 g/mol. The third-order valence-electron chi connectivity index (χ3n) is 3.95. The van der Waals surface area contributed by atoms with Gasteiger partial charge in [0.25, 0.3) is 0 Å². The summed E-state index contributed by atoms with van der Waals surface area (Å²) in [7, 11) is 0. The third-order valence-corrected chi connectivity index (χ3v) is 4.59. The van der Waals surface area contributed by atoms with E-state index in [-0.39, 0.29) is 12.0 Å². The first kappa shape index (κ1) is 16.9. The monoisotopic (exact) mass is 346 g/mol. The van der Waals surface area contributed by atoms with E-state index in [1.54, 1.807) is 16.8 Å². The van der Waals surface area contributed by atoms with Crippen LogP contribution in [-0.2, 0) is 16.0 Å². The summed E-state index contributed by atoms with van der Waals surface area (Å²) < 4.78 is 11.6. The highest BCUT2D eigenvalue weighted by Gasteiger charge is 2.15. The number of hydrogen-bond acceptors (Lipinski definition) is 5. The fraction of sp³-hybridized carbons (Fsp3) is 0.444. The number of nitrogens with one attached hydrogen (secondary N) is 1. The molecule has 5 nitrogen and oxygen atoms in total. The number of nitrogens with zero attached hydrogens (tertiary/aromatic N) is 1. The zero-order valence-electron chi connectivity index (χ0n) is 13.6. The van der Waals surface area contributed by atoms with Gasteiger partial charge >= 0.3 is 0 Å². The number of ether oxygens (including phenoxy) is 2. The molecule has 0 aliphatic carbocycles. The van der Waals surface area contributed by atoms with E-state index in [1.165, 1.54) is 6.42 Å². The lowest BCUT2D eigenvalue weighted by Crippen LogP contribution is -2.26. The fourth-order valence-electron chi connectivity index (χ4n) is 2.63. The summed E-state index contributed by atoms with van der Waals surface area (Å²) >= 11 is 1.54. The number of anilines is 1. The average molecular weight is 346 g/mol. The number of aryl methyl sites for hydroxylation is 1. The number of rotatable bonds is 7. The molecule has 1 atom stereocenters. The topological polar surface area (TPSA) is 60.5 Å². The summed E-state index contributed by atoms with van der Waals surface area (Å²) in [6, 6.07) is 7.53. The van der Waals surface area contributed by atoms with Gasteiger partial charge in [-0.2, -0.15) is 0 Å². The average Bonchev–Trinajstić information content (AvgIpc) is 3.14. The molecule has 0 saturated carbocycles. The van der Waals surface area contributed by atoms with Crippen LogP contribution in [0.15, 0.2) is 35.2 Å². The first-order valence-electron chi connectivity index (χ1n) is 8.31. The maximum Gasteiger partial charge on any atom is 0.224 e. The zero-order chi connectivity index (χ0) is 16.6. The number of para-hydroxylation sites is 2. The lowest BCUT2D eigenvalue weighted by Gasteiger charge is -2.23. The van der Waals surface area contributed by atoms with E-state index in [0.717, 1.165) is 25.1 Å². The lowest BCUT2D eigenvalue weighted by atomic mass is 10.1. The molecule has 128 valence electrons. The Kier molecular flexibility index (Phi) is 6.20. The molecule has 0 bridgehead atoms. The van der Waals surface area contributed by atoms with Crippen molar-refractivity contribution in [3.63, 3.8) is 0 Å². The molecule has 2 heterocycles. The summed E-state index contributed by atoms with van der Waals surface area (Å²) in [5, 5.41) is 4.90. The van der Waals surface area contributed by atoms with Crippen LogP contribution in [0.4, 0.5) is 5.69 Å². The van der Waals surface area contributed by atoms with Crippen molar-refractivity contribution in [1.29, 1.82) is 0 Å². The van der Waals surface area contributed by atoms with Crippen molar-refractivity contribution in [2.75, 3.05) is 18.5 Å². The molecule has 3 rings (SSSR count). The first-order valence-corrected chi connectivity index (χ1v) is 9.26. The van der Waals surface area contributed by atoms with Crippen LogP contribution in [0.25, 0.3) is 0 Å². The molecule has 0 radical (unpaired) electrons. The summed E-state index contributed by atoms with van der Waals surface area (Å²) in [5.41, 5.74) is 3.44. The Morgan fingerprint density at radius 3 is 3.08 bits per heavy atom. The van der Waals surface area contributed by atoms with Gasteiger partial charge in [-0.1, -0.05) is 12.1 Å². The Balaban J connectivity index is 1.51. The molecule has 1 unspecified atom stereocenters. The van der Waals surface area contributed by atoms with E-state index >= 15 is 0 Å². The van der Waals surface area contributed by atoms with Crippen molar-refractivity contribution in [1.82, 2.24) is 4.98 Å². The predicted octanol–water partition coefficient (Wildman–Crippen LogP) is 3.66. The molecule has 24 heavy (non-hydrogen) atoms. The number of amides is 1. The Morgan fingerprint density at radius 2 is 2.29 bits per heavy atom. The minimum Gasteiger partial charge on any atom is -0.489 e. The molecule has 1 aromatic heterocycles. The van der Waals surface area contributed by atoms with E-state index in [9.17, 15) is 4.79 Å². The second-order valence-electron chi connectivity index (χ2n) is 5.82. The highest BCUT2D eigenvalue weighted by molar-refractivity contribution is 7.07. The van der Waals surface area contributed by atoms with Gasteiger partial charge in [0, 0.05) is 18.4 Å². The standard InChI is InChI=1S/C18H22N2O3S/c21-18(9-8-14-12-24-13-19-14)20-16-6-1-2-7-17(16)23-11-15-5-3-4-10-22-15/h1-2,6-7,12-13,15H,3-5,8-11H2,(H,20,21). The van der Waals surface area contributed by atoms with Crippen LogP contribution in [0.5, 0.6) is 5.75 Å². The van der Waals surface area contributed by atoms with Crippen LogP contribution in [0.1, 0.15) is 31.4 Å². The molecule has 1 aromatic carbocycles. The largest absolute Gasteiger partial charge is 0.489 e. The number of benzene rings is 1. The van der Waals surface area contributed by atoms with E-state index in [1.807, 2.05) is 29.6 Å². The van der Waals surface area contributed by atoms with Crippen molar-refractivity contribution in [2.24, 2.45) is 0 Å². The molecule has 1 amide bonds. The van der Waals surface area contributed by atoms with Gasteiger partial charge in [0.2, 0.25) is 5.91 Å². The molecule has 1 saturated heterocycles. The Bertz CT molecular complexity index is 639. The van der Waals surface area contributed by atoms with Gasteiger partial charge in [0.05, 0.1) is 23.0 Å². The molecule has 2 aromatic rings. The highest BCUT2D eigenvalue weighted by Crippen LogP contribution is 2.25. The number of thiazole rings is 1. The van der Waals surface area contributed by atoms with Gasteiger partial charge < -0.3 is 14.8 Å².